The lowest BCUT2D eigenvalue weighted by Gasteiger charge is -2.29. The van der Waals surface area contributed by atoms with E-state index in [4.69, 9.17) is 32.7 Å². The maximum absolute atomic E-state index is 14.7. The van der Waals surface area contributed by atoms with Crippen molar-refractivity contribution >= 4 is 53.0 Å². The highest BCUT2D eigenvalue weighted by atomic mass is 35.5. The van der Waals surface area contributed by atoms with E-state index in [2.05, 4.69) is 25.6 Å². The van der Waals surface area contributed by atoms with Crippen molar-refractivity contribution in [3.05, 3.63) is 81.8 Å². The monoisotopic (exact) mass is 730 g/mol. The number of hydrogen-bond donors (Lipinski definition) is 2. The summed E-state index contributed by atoms with van der Waals surface area (Å²) in [5, 5.41) is 5.74. The number of amides is 2. The van der Waals surface area contributed by atoms with Gasteiger partial charge in [0.05, 0.1) is 39.2 Å². The first-order valence-electron chi connectivity index (χ1n) is 15.3. The molecule has 0 aliphatic carbocycles. The number of hydrogen-bond acceptors (Lipinski definition) is 9. The third kappa shape index (κ3) is 8.61. The zero-order chi connectivity index (χ0) is 36.2. The van der Waals surface area contributed by atoms with E-state index in [0.29, 0.717) is 30.3 Å². The highest BCUT2D eigenvalue weighted by molar-refractivity contribution is 6.39. The van der Waals surface area contributed by atoms with Gasteiger partial charge in [-0.3, -0.25) is 14.6 Å². The Balaban J connectivity index is 1.48. The number of alkyl halides is 2. The van der Waals surface area contributed by atoms with Gasteiger partial charge in [-0.25, -0.2) is 19.2 Å². The molecule has 1 aliphatic heterocycles. The average molecular weight is 732 g/mol. The van der Waals surface area contributed by atoms with Gasteiger partial charge in [0.1, 0.15) is 5.60 Å². The van der Waals surface area contributed by atoms with Crippen molar-refractivity contribution in [1.29, 1.82) is 0 Å². The molecule has 0 unspecified atom stereocenters. The SMILES string of the molecule is CC(C)(C)OC(=O)N(Cc1ccc(-c2ccnc(-c3cccc(Nc4nccc(C=O)c4F)c3Cl)c2Cl)nc1OC(F)F)C[C@@H]1CCC(=O)N1. The predicted octanol–water partition coefficient (Wildman–Crippen LogP) is 7.82. The minimum Gasteiger partial charge on any atom is -0.444 e. The van der Waals surface area contributed by atoms with Crippen molar-refractivity contribution in [3.63, 3.8) is 0 Å². The number of carbonyl (C=O) groups excluding carboxylic acids is 3. The van der Waals surface area contributed by atoms with Crippen LogP contribution in [0.2, 0.25) is 10.0 Å². The molecule has 11 nitrogen and oxygen atoms in total. The second-order valence-electron chi connectivity index (χ2n) is 12.2. The van der Waals surface area contributed by atoms with Crippen LogP contribution in [0.3, 0.4) is 0 Å². The van der Waals surface area contributed by atoms with Crippen LogP contribution in [0.15, 0.2) is 54.9 Å². The fraction of sp³-hybridized carbons (Fsp3) is 0.294. The van der Waals surface area contributed by atoms with Crippen molar-refractivity contribution in [2.24, 2.45) is 0 Å². The Morgan fingerprint density at radius 1 is 1.10 bits per heavy atom. The molecule has 2 N–H and O–H groups in total. The number of rotatable bonds is 11. The van der Waals surface area contributed by atoms with Gasteiger partial charge in [-0.2, -0.15) is 8.78 Å². The van der Waals surface area contributed by atoms with E-state index >= 15 is 0 Å². The van der Waals surface area contributed by atoms with Crippen LogP contribution in [0.1, 0.15) is 49.5 Å². The Hall–Kier alpha value is -4.95. The van der Waals surface area contributed by atoms with Gasteiger partial charge in [0.15, 0.2) is 17.9 Å². The molecule has 50 heavy (non-hydrogen) atoms. The maximum atomic E-state index is 14.7. The van der Waals surface area contributed by atoms with Crippen LogP contribution in [0.25, 0.3) is 22.5 Å². The summed E-state index contributed by atoms with van der Waals surface area (Å²) < 4.78 is 52.4. The summed E-state index contributed by atoms with van der Waals surface area (Å²) in [4.78, 5) is 50.1. The molecule has 1 fully saturated rings. The van der Waals surface area contributed by atoms with Crippen molar-refractivity contribution in [2.45, 2.75) is 58.4 Å². The van der Waals surface area contributed by atoms with Gasteiger partial charge in [-0.05, 0) is 57.5 Å². The number of aromatic nitrogens is 3. The zero-order valence-corrected chi connectivity index (χ0v) is 28.5. The molecular weight excluding hydrogens is 700 g/mol. The van der Waals surface area contributed by atoms with E-state index in [1.807, 2.05) is 0 Å². The molecule has 0 spiro atoms. The number of carbonyl (C=O) groups is 3. The van der Waals surface area contributed by atoms with Crippen LogP contribution in [0.4, 0.5) is 29.5 Å². The van der Waals surface area contributed by atoms with Gasteiger partial charge in [0.2, 0.25) is 11.8 Å². The lowest BCUT2D eigenvalue weighted by atomic mass is 10.1. The summed E-state index contributed by atoms with van der Waals surface area (Å²) in [7, 11) is 0. The minimum absolute atomic E-state index is 0.0643. The molecule has 4 aromatic rings. The summed E-state index contributed by atoms with van der Waals surface area (Å²) in [5.74, 6) is -1.69. The smallest absolute Gasteiger partial charge is 0.410 e. The van der Waals surface area contributed by atoms with Crippen LogP contribution in [0.5, 0.6) is 5.88 Å². The molecule has 0 bridgehead atoms. The van der Waals surface area contributed by atoms with Gasteiger partial charge >= 0.3 is 12.7 Å². The summed E-state index contributed by atoms with van der Waals surface area (Å²) in [6.45, 7) is 1.69. The average Bonchev–Trinajstić information content (AvgIpc) is 3.47. The first-order chi connectivity index (χ1) is 23.7. The number of ether oxygens (including phenoxy) is 2. The van der Waals surface area contributed by atoms with Crippen LogP contribution >= 0.6 is 23.2 Å². The van der Waals surface area contributed by atoms with Crippen molar-refractivity contribution in [2.75, 3.05) is 11.9 Å². The fourth-order valence-corrected chi connectivity index (χ4v) is 5.72. The minimum atomic E-state index is -3.25. The number of halogens is 5. The number of nitrogens with zero attached hydrogens (tertiary/aromatic N) is 4. The molecule has 262 valence electrons. The van der Waals surface area contributed by atoms with Crippen LogP contribution in [-0.2, 0) is 16.1 Å². The van der Waals surface area contributed by atoms with Crippen molar-refractivity contribution in [3.8, 4) is 28.4 Å². The highest BCUT2D eigenvalue weighted by Crippen LogP contribution is 2.41. The Morgan fingerprint density at radius 3 is 2.54 bits per heavy atom. The van der Waals surface area contributed by atoms with Gasteiger partial charge in [0, 0.05) is 48.1 Å². The molecule has 2 amide bonds. The predicted molar refractivity (Wildman–Crippen MR) is 180 cm³/mol. The zero-order valence-electron chi connectivity index (χ0n) is 27.0. The molecular formula is C34H31Cl2F3N6O5. The third-order valence-corrected chi connectivity index (χ3v) is 8.19. The number of benzene rings is 1. The normalized spacial score (nSPS) is 14.3. The number of pyridine rings is 3. The molecule has 1 aromatic carbocycles. The van der Waals surface area contributed by atoms with Gasteiger partial charge in [0.25, 0.3) is 0 Å². The quantitative estimate of drug-likeness (QED) is 0.148. The van der Waals surface area contributed by atoms with Crippen LogP contribution in [0, 0.1) is 5.82 Å². The van der Waals surface area contributed by atoms with E-state index in [-0.39, 0.29) is 69.1 Å². The van der Waals surface area contributed by atoms with Crippen molar-refractivity contribution < 1.29 is 37.0 Å². The van der Waals surface area contributed by atoms with Crippen LogP contribution in [-0.4, -0.2) is 62.9 Å². The molecule has 4 heterocycles. The third-order valence-electron chi connectivity index (χ3n) is 7.40. The van der Waals surface area contributed by atoms with E-state index in [1.54, 1.807) is 39.0 Å². The Labute approximate surface area is 295 Å². The fourth-order valence-electron chi connectivity index (χ4n) is 5.15. The van der Waals surface area contributed by atoms with E-state index in [1.165, 1.54) is 41.6 Å². The second kappa shape index (κ2) is 15.3. The molecule has 1 aliphatic rings. The van der Waals surface area contributed by atoms with E-state index in [9.17, 15) is 27.6 Å². The molecule has 5 rings (SSSR count). The van der Waals surface area contributed by atoms with Crippen LogP contribution < -0.4 is 15.4 Å². The Kier molecular flexibility index (Phi) is 11.1. The Bertz CT molecular complexity index is 1930. The second-order valence-corrected chi connectivity index (χ2v) is 13.0. The lowest BCUT2D eigenvalue weighted by Crippen LogP contribution is -2.43. The lowest BCUT2D eigenvalue weighted by molar-refractivity contribution is -0.119. The molecule has 1 saturated heterocycles. The van der Waals surface area contributed by atoms with Gasteiger partial charge < -0.3 is 25.0 Å². The molecule has 1 atom stereocenters. The molecule has 3 aromatic heterocycles. The van der Waals surface area contributed by atoms with E-state index in [0.717, 1.165) is 0 Å². The highest BCUT2D eigenvalue weighted by Gasteiger charge is 2.30. The number of aldehydes is 1. The summed E-state index contributed by atoms with van der Waals surface area (Å²) >= 11 is 13.5. The van der Waals surface area contributed by atoms with Gasteiger partial charge in [-0.1, -0.05) is 35.3 Å². The summed E-state index contributed by atoms with van der Waals surface area (Å²) in [6.07, 6.45) is 3.13. The summed E-state index contributed by atoms with van der Waals surface area (Å²) in [6, 6.07) is 10.2. The maximum Gasteiger partial charge on any atom is 0.410 e. The number of nitrogens with one attached hydrogen (secondary N) is 2. The number of anilines is 2. The molecule has 0 radical (unpaired) electrons. The van der Waals surface area contributed by atoms with E-state index < -0.39 is 30.0 Å². The first kappa shape index (κ1) is 36.3. The van der Waals surface area contributed by atoms with Gasteiger partial charge in [-0.15, -0.1) is 0 Å². The molecule has 0 saturated carbocycles. The van der Waals surface area contributed by atoms with Crippen molar-refractivity contribution in [1.82, 2.24) is 25.2 Å². The molecule has 16 heteroatoms. The largest absolute Gasteiger partial charge is 0.444 e. The first-order valence-corrected chi connectivity index (χ1v) is 16.0. The standard InChI is InChI=1S/C34H31Cl2F3N6O5/c1-34(2,3)50-33(48)45(16-20-8-10-25(47)42-20)15-18-7-9-23(44-31(18)49-32(38)39)21-12-14-40-29(27(21)36)22-5-4-6-24(26(22)35)43-30-28(37)19(17-46)11-13-41-30/h4-7,9,11-14,17,20,32H,8,10,15-16H2,1-3H3,(H,41,43)(H,42,47)/t20-/m0/s1. The summed E-state index contributed by atoms with van der Waals surface area (Å²) in [5.41, 5.74) is 0.322. The Morgan fingerprint density at radius 2 is 1.86 bits per heavy atom. The topological polar surface area (TPSA) is 136 Å².